The molecule has 3 aromatic rings. The van der Waals surface area contributed by atoms with Gasteiger partial charge in [0.15, 0.2) is 0 Å². The van der Waals surface area contributed by atoms with Gasteiger partial charge in [0, 0.05) is 51.1 Å². The molecule has 1 aliphatic rings. The molecule has 2 aromatic carbocycles. The fourth-order valence-electron chi connectivity index (χ4n) is 3.47. The van der Waals surface area contributed by atoms with E-state index < -0.39 is 10.0 Å². The van der Waals surface area contributed by atoms with Gasteiger partial charge in [-0.1, -0.05) is 30.3 Å². The van der Waals surface area contributed by atoms with Crippen molar-refractivity contribution in [2.24, 2.45) is 7.05 Å². The van der Waals surface area contributed by atoms with E-state index >= 15 is 0 Å². The van der Waals surface area contributed by atoms with Gasteiger partial charge in [0.2, 0.25) is 10.0 Å². The lowest BCUT2D eigenvalue weighted by Gasteiger charge is -2.34. The minimum atomic E-state index is -3.64. The highest BCUT2D eigenvalue weighted by molar-refractivity contribution is 7.89. The molecule has 0 atom stereocenters. The third kappa shape index (κ3) is 3.68. The number of hydrogen-bond donors (Lipinski definition) is 0. The molecule has 29 heavy (non-hydrogen) atoms. The number of aryl methyl sites for hydroxylation is 1. The molecule has 1 fully saturated rings. The number of benzene rings is 2. The second kappa shape index (κ2) is 7.46. The van der Waals surface area contributed by atoms with Crippen LogP contribution in [0.5, 0.6) is 0 Å². The number of carbonyl (C=O) groups excluding carboxylic acids is 1. The first-order valence-electron chi connectivity index (χ1n) is 9.31. The van der Waals surface area contributed by atoms with E-state index in [1.54, 1.807) is 42.4 Å². The Hall–Kier alpha value is -2.97. The van der Waals surface area contributed by atoms with Crippen molar-refractivity contribution in [1.82, 2.24) is 13.8 Å². The SMILES string of the molecule is Cn1ccc(C(=O)N2CCN(S(=O)(=O)c3ccc4ccccc4c3)CC2)cc1=O. The first-order valence-corrected chi connectivity index (χ1v) is 10.8. The molecule has 1 saturated heterocycles. The zero-order chi connectivity index (χ0) is 20.6. The lowest BCUT2D eigenvalue weighted by atomic mass is 10.1. The highest BCUT2D eigenvalue weighted by Crippen LogP contribution is 2.23. The number of rotatable bonds is 3. The number of aromatic nitrogens is 1. The number of sulfonamides is 1. The van der Waals surface area contributed by atoms with Crippen LogP contribution in [-0.4, -0.2) is 54.3 Å². The van der Waals surface area contributed by atoms with Crippen molar-refractivity contribution in [3.05, 3.63) is 76.7 Å². The van der Waals surface area contributed by atoms with Crippen LogP contribution in [0.15, 0.2) is 70.5 Å². The Kier molecular flexibility index (Phi) is 4.97. The van der Waals surface area contributed by atoms with E-state index in [9.17, 15) is 18.0 Å². The Morgan fingerprint density at radius 1 is 0.897 bits per heavy atom. The lowest BCUT2D eigenvalue weighted by molar-refractivity contribution is 0.0697. The van der Waals surface area contributed by atoms with Gasteiger partial charge in [0.05, 0.1) is 4.90 Å². The number of fused-ring (bicyclic) bond motifs is 1. The molecule has 0 aliphatic carbocycles. The van der Waals surface area contributed by atoms with Gasteiger partial charge < -0.3 is 9.47 Å². The van der Waals surface area contributed by atoms with Gasteiger partial charge >= 0.3 is 0 Å². The molecule has 1 amide bonds. The summed E-state index contributed by atoms with van der Waals surface area (Å²) in [5.41, 5.74) is 0.0623. The predicted molar refractivity (Wildman–Crippen MR) is 110 cm³/mol. The summed E-state index contributed by atoms with van der Waals surface area (Å²) < 4.78 is 28.9. The molecule has 0 spiro atoms. The lowest BCUT2D eigenvalue weighted by Crippen LogP contribution is -2.50. The molecule has 0 unspecified atom stereocenters. The fourth-order valence-corrected chi connectivity index (χ4v) is 4.93. The van der Waals surface area contributed by atoms with Crippen LogP contribution in [0.1, 0.15) is 10.4 Å². The summed E-state index contributed by atoms with van der Waals surface area (Å²) in [6.45, 7) is 0.985. The molecular formula is C21H21N3O4S. The number of nitrogens with zero attached hydrogens (tertiary/aromatic N) is 3. The molecule has 2 heterocycles. The summed E-state index contributed by atoms with van der Waals surface area (Å²) in [6.07, 6.45) is 1.55. The zero-order valence-corrected chi connectivity index (χ0v) is 16.8. The summed E-state index contributed by atoms with van der Waals surface area (Å²) in [5.74, 6) is -0.259. The predicted octanol–water partition coefficient (Wildman–Crippen LogP) is 1.69. The Bertz CT molecular complexity index is 1240. The standard InChI is InChI=1S/C21H21N3O4S/c1-22-9-8-18(15-20(22)25)21(26)23-10-12-24(13-11-23)29(27,28)19-7-6-16-4-2-3-5-17(16)14-19/h2-9,14-15H,10-13H2,1H3. The van der Waals surface area contributed by atoms with Crippen LogP contribution < -0.4 is 5.56 Å². The van der Waals surface area contributed by atoms with E-state index in [1.165, 1.54) is 14.9 Å². The van der Waals surface area contributed by atoms with E-state index in [2.05, 4.69) is 0 Å². The molecular weight excluding hydrogens is 390 g/mol. The Labute approximate surface area is 168 Å². The number of carbonyl (C=O) groups is 1. The molecule has 150 valence electrons. The first kappa shape index (κ1) is 19.4. The molecule has 0 saturated carbocycles. The van der Waals surface area contributed by atoms with Crippen molar-refractivity contribution in [2.75, 3.05) is 26.2 Å². The fraction of sp³-hybridized carbons (Fsp3) is 0.238. The third-order valence-corrected chi connectivity index (χ3v) is 7.13. The maximum atomic E-state index is 13.0. The molecule has 0 radical (unpaired) electrons. The molecule has 1 aliphatic heterocycles. The largest absolute Gasteiger partial charge is 0.336 e. The first-order chi connectivity index (χ1) is 13.9. The van der Waals surface area contributed by atoms with Crippen LogP contribution in [0.25, 0.3) is 10.8 Å². The molecule has 0 N–H and O–H groups in total. The summed E-state index contributed by atoms with van der Waals surface area (Å²) >= 11 is 0. The summed E-state index contributed by atoms with van der Waals surface area (Å²) in [7, 11) is -2.02. The Morgan fingerprint density at radius 2 is 1.59 bits per heavy atom. The van der Waals surface area contributed by atoms with E-state index in [0.29, 0.717) is 5.56 Å². The van der Waals surface area contributed by atoms with Crippen LogP contribution >= 0.6 is 0 Å². The normalized spacial score (nSPS) is 15.6. The van der Waals surface area contributed by atoms with Crippen LogP contribution in [0.2, 0.25) is 0 Å². The van der Waals surface area contributed by atoms with Gasteiger partial charge in [-0.15, -0.1) is 0 Å². The molecule has 1 aromatic heterocycles. The summed E-state index contributed by atoms with van der Waals surface area (Å²) in [5, 5.41) is 1.85. The quantitative estimate of drug-likeness (QED) is 0.657. The summed E-state index contributed by atoms with van der Waals surface area (Å²) in [6, 6.07) is 15.6. The second-order valence-corrected chi connectivity index (χ2v) is 9.01. The van der Waals surface area contributed by atoms with E-state index in [0.717, 1.165) is 10.8 Å². The van der Waals surface area contributed by atoms with Gasteiger partial charge in [0.25, 0.3) is 11.5 Å². The molecule has 8 heteroatoms. The van der Waals surface area contributed by atoms with Gasteiger partial charge in [-0.3, -0.25) is 9.59 Å². The van der Waals surface area contributed by atoms with Crippen LogP contribution in [0, 0.1) is 0 Å². The third-order valence-electron chi connectivity index (χ3n) is 5.24. The minimum absolute atomic E-state index is 0.214. The van der Waals surface area contributed by atoms with Crippen molar-refractivity contribution in [2.45, 2.75) is 4.90 Å². The van der Waals surface area contributed by atoms with Crippen molar-refractivity contribution in [1.29, 1.82) is 0 Å². The minimum Gasteiger partial charge on any atom is -0.336 e. The van der Waals surface area contributed by atoms with Gasteiger partial charge in [-0.2, -0.15) is 4.31 Å². The average molecular weight is 411 g/mol. The monoisotopic (exact) mass is 411 g/mol. The highest BCUT2D eigenvalue weighted by atomic mass is 32.2. The Morgan fingerprint density at radius 3 is 2.28 bits per heavy atom. The summed E-state index contributed by atoms with van der Waals surface area (Å²) in [4.78, 5) is 26.2. The number of pyridine rings is 1. The smallest absolute Gasteiger partial charge is 0.254 e. The van der Waals surface area contributed by atoms with Crippen molar-refractivity contribution >= 4 is 26.7 Å². The van der Waals surface area contributed by atoms with Crippen LogP contribution in [-0.2, 0) is 17.1 Å². The van der Waals surface area contributed by atoms with E-state index in [1.807, 2.05) is 24.3 Å². The van der Waals surface area contributed by atoms with Gasteiger partial charge in [-0.05, 0) is 29.0 Å². The van der Waals surface area contributed by atoms with Crippen LogP contribution in [0.3, 0.4) is 0 Å². The van der Waals surface area contributed by atoms with Crippen molar-refractivity contribution < 1.29 is 13.2 Å². The second-order valence-electron chi connectivity index (χ2n) is 7.07. The van der Waals surface area contributed by atoms with Crippen molar-refractivity contribution in [3.8, 4) is 0 Å². The maximum Gasteiger partial charge on any atom is 0.254 e. The topological polar surface area (TPSA) is 79.7 Å². The Balaban J connectivity index is 1.49. The highest BCUT2D eigenvalue weighted by Gasteiger charge is 2.30. The average Bonchev–Trinajstić information content (AvgIpc) is 2.75. The maximum absolute atomic E-state index is 13.0. The molecule has 4 rings (SSSR count). The zero-order valence-electron chi connectivity index (χ0n) is 16.0. The van der Waals surface area contributed by atoms with E-state index in [4.69, 9.17) is 0 Å². The number of amides is 1. The van der Waals surface area contributed by atoms with Gasteiger partial charge in [0.1, 0.15) is 0 Å². The van der Waals surface area contributed by atoms with E-state index in [-0.39, 0.29) is 42.5 Å². The molecule has 0 bridgehead atoms. The van der Waals surface area contributed by atoms with Crippen LogP contribution in [0.4, 0.5) is 0 Å². The van der Waals surface area contributed by atoms with Crippen molar-refractivity contribution in [3.63, 3.8) is 0 Å². The number of hydrogen-bond acceptors (Lipinski definition) is 4. The molecule has 7 nitrogen and oxygen atoms in total. The number of piperazine rings is 1. The van der Waals surface area contributed by atoms with Gasteiger partial charge in [-0.25, -0.2) is 8.42 Å².